The van der Waals surface area contributed by atoms with Gasteiger partial charge in [-0.05, 0) is 63.8 Å². The number of aryl methyl sites for hydroxylation is 6. The maximum absolute atomic E-state index is 2.41. The van der Waals surface area contributed by atoms with Crippen LogP contribution in [0.1, 0.15) is 47.2 Å². The van der Waals surface area contributed by atoms with E-state index in [9.17, 15) is 0 Å². The van der Waals surface area contributed by atoms with E-state index in [0.29, 0.717) is 5.92 Å². The van der Waals surface area contributed by atoms with E-state index in [-0.39, 0.29) is 6.71 Å². The van der Waals surface area contributed by atoms with E-state index in [2.05, 4.69) is 125 Å². The molecule has 0 radical (unpaired) electrons. The molecule has 3 heteroatoms. The van der Waals surface area contributed by atoms with Crippen molar-refractivity contribution in [3.8, 4) is 11.4 Å². The second kappa shape index (κ2) is 8.54. The number of imidazole rings is 1. The Hall–Kier alpha value is -2.94. The monoisotopic (exact) mass is 422 g/mol. The van der Waals surface area contributed by atoms with Gasteiger partial charge in [0, 0.05) is 0 Å². The van der Waals surface area contributed by atoms with Crippen molar-refractivity contribution in [2.45, 2.75) is 55.4 Å². The summed E-state index contributed by atoms with van der Waals surface area (Å²) in [6.07, 6.45) is 9.09. The molecule has 0 saturated carbocycles. The van der Waals surface area contributed by atoms with Crippen LogP contribution in [0.15, 0.2) is 60.8 Å². The Morgan fingerprint density at radius 1 is 0.781 bits per heavy atom. The first kappa shape index (κ1) is 22.3. The molecule has 0 aliphatic carbocycles. The van der Waals surface area contributed by atoms with E-state index >= 15 is 0 Å². The highest BCUT2D eigenvalue weighted by molar-refractivity contribution is 6.80. The maximum Gasteiger partial charge on any atom is 0.202 e. The van der Waals surface area contributed by atoms with Gasteiger partial charge in [-0.3, -0.25) is 0 Å². The second-order valence-corrected chi connectivity index (χ2v) is 9.79. The number of allylic oxidation sites excluding steroid dienone is 2. The summed E-state index contributed by atoms with van der Waals surface area (Å²) in [7, 11) is 0. The number of rotatable bonds is 4. The molecule has 32 heavy (non-hydrogen) atoms. The predicted octanol–water partition coefficient (Wildman–Crippen LogP) is 5.74. The molecule has 0 spiro atoms. The summed E-state index contributed by atoms with van der Waals surface area (Å²) in [5.74, 6) is 6.63. The summed E-state index contributed by atoms with van der Waals surface area (Å²) < 4.78 is 4.81. The Labute approximate surface area is 194 Å². The van der Waals surface area contributed by atoms with Crippen LogP contribution in [-0.4, -0.2) is 11.3 Å². The first-order chi connectivity index (χ1) is 15.2. The Morgan fingerprint density at radius 3 is 1.78 bits per heavy atom. The number of benzene rings is 2. The molecule has 0 amide bonds. The van der Waals surface area contributed by atoms with Gasteiger partial charge in [-0.15, -0.1) is 0 Å². The van der Waals surface area contributed by atoms with E-state index in [4.69, 9.17) is 0 Å². The highest BCUT2D eigenvalue weighted by atomic mass is 15.2. The highest BCUT2D eigenvalue weighted by Gasteiger charge is 2.29. The topological polar surface area (TPSA) is 8.81 Å². The van der Waals surface area contributed by atoms with Crippen LogP contribution in [0.5, 0.6) is 0 Å². The summed E-state index contributed by atoms with van der Waals surface area (Å²) >= 11 is 0. The van der Waals surface area contributed by atoms with Gasteiger partial charge in [0.15, 0.2) is 5.72 Å². The fraction of sp³-hybridized carbons (Fsp3) is 0.310. The zero-order valence-electron chi connectivity index (χ0n) is 20.8. The fourth-order valence-corrected chi connectivity index (χ4v) is 5.31. The molecule has 4 rings (SSSR count). The average molecular weight is 422 g/mol. The van der Waals surface area contributed by atoms with Gasteiger partial charge >= 0.3 is 0 Å². The van der Waals surface area contributed by atoms with E-state index in [1.165, 1.54) is 56.4 Å². The van der Waals surface area contributed by atoms with Crippen LogP contribution in [0.4, 0.5) is 0 Å². The lowest BCUT2D eigenvalue weighted by molar-refractivity contribution is -0.576. The van der Waals surface area contributed by atoms with Crippen LogP contribution in [0.25, 0.3) is 11.4 Å². The lowest BCUT2D eigenvalue weighted by Crippen LogP contribution is -2.56. The van der Waals surface area contributed by atoms with Gasteiger partial charge in [-0.2, -0.15) is 30.0 Å². The minimum atomic E-state index is 0.202. The Kier molecular flexibility index (Phi) is 5.94. The van der Waals surface area contributed by atoms with Gasteiger partial charge < -0.3 is 0 Å². The first-order valence-corrected chi connectivity index (χ1v) is 11.7. The maximum atomic E-state index is 2.41. The van der Waals surface area contributed by atoms with Crippen molar-refractivity contribution >= 4 is 12.4 Å². The third-order valence-corrected chi connectivity index (χ3v) is 6.57. The average Bonchev–Trinajstić information content (AvgIpc) is 3.10. The van der Waals surface area contributed by atoms with Gasteiger partial charge in [0.1, 0.15) is 23.8 Å². The molecule has 0 fully saturated rings. The molecule has 1 aliphatic rings. The van der Waals surface area contributed by atoms with Gasteiger partial charge in [0.25, 0.3) is 0 Å². The Balaban J connectivity index is 1.97. The molecule has 1 aromatic heterocycles. The van der Waals surface area contributed by atoms with Crippen molar-refractivity contribution < 1.29 is 4.57 Å². The normalized spacial score (nSPS) is 13.5. The van der Waals surface area contributed by atoms with Crippen molar-refractivity contribution in [3.63, 3.8) is 0 Å². The van der Waals surface area contributed by atoms with Gasteiger partial charge in [-0.25, -0.2) is 9.13 Å². The molecule has 164 valence electrons. The van der Waals surface area contributed by atoms with Crippen molar-refractivity contribution in [2.75, 3.05) is 0 Å². The zero-order chi connectivity index (χ0) is 23.2. The van der Waals surface area contributed by atoms with E-state index in [1.807, 2.05) is 0 Å². The zero-order valence-corrected chi connectivity index (χ0v) is 20.8. The summed E-state index contributed by atoms with van der Waals surface area (Å²) in [4.78, 5) is 0. The van der Waals surface area contributed by atoms with Crippen LogP contribution in [0.3, 0.4) is 0 Å². The number of aromatic nitrogens is 2. The lowest BCUT2D eigenvalue weighted by atomic mass is 9.46. The predicted molar refractivity (Wildman–Crippen MR) is 137 cm³/mol. The molecule has 0 atom stereocenters. The Morgan fingerprint density at radius 2 is 1.28 bits per heavy atom. The van der Waals surface area contributed by atoms with E-state index < -0.39 is 0 Å². The highest BCUT2D eigenvalue weighted by Crippen LogP contribution is 2.24. The van der Waals surface area contributed by atoms with Crippen molar-refractivity contribution in [2.24, 2.45) is 5.92 Å². The molecular weight excluding hydrogens is 387 g/mol. The van der Waals surface area contributed by atoms with Gasteiger partial charge in [0.2, 0.25) is 6.71 Å². The molecule has 2 aromatic carbocycles. The number of nitrogens with zero attached hydrogens (tertiary/aromatic N) is 2. The minimum Gasteiger partial charge on any atom is -0.210 e. The van der Waals surface area contributed by atoms with Crippen LogP contribution in [-0.2, 0) is 0 Å². The smallest absolute Gasteiger partial charge is 0.202 e. The third-order valence-electron chi connectivity index (χ3n) is 6.57. The molecule has 0 unspecified atom stereocenters. The molecule has 3 aromatic rings. The third kappa shape index (κ3) is 3.97. The molecular formula is C29H35BN2. The molecule has 0 saturated heterocycles. The number of hydrogen-bond donors (Lipinski definition) is 0. The van der Waals surface area contributed by atoms with Crippen LogP contribution in [0.2, 0.25) is 0 Å². The summed E-state index contributed by atoms with van der Waals surface area (Å²) in [5.41, 5.74) is 11.7. The van der Waals surface area contributed by atoms with Crippen LogP contribution < -0.4 is 10.3 Å². The Bertz CT molecular complexity index is 1090. The molecule has 1 aliphatic heterocycles. The van der Waals surface area contributed by atoms with E-state index in [0.717, 1.165) is 0 Å². The van der Waals surface area contributed by atoms with Crippen molar-refractivity contribution in [3.05, 3.63) is 100 Å². The molecule has 2 nitrogen and oxygen atoms in total. The number of hydrogen-bond acceptors (Lipinski definition) is 0. The second-order valence-electron chi connectivity index (χ2n) is 9.79. The van der Waals surface area contributed by atoms with Crippen LogP contribution in [0, 0.1) is 53.4 Å². The van der Waals surface area contributed by atoms with E-state index in [1.54, 1.807) is 0 Å². The lowest BCUT2D eigenvalue weighted by Gasteiger charge is -2.26. The molecule has 0 N–H and O–H groups in total. The quantitative estimate of drug-likeness (QED) is 0.288. The SMILES string of the molecule is Cc1cc(C)c(-n2cc[n+](-c3c(C)cc(C)cc3C)c2B2C=C[C-](C(C)C)C=C2)c(C)c1. The largest absolute Gasteiger partial charge is 0.210 e. The van der Waals surface area contributed by atoms with Crippen molar-refractivity contribution in [1.82, 2.24) is 4.57 Å². The van der Waals surface area contributed by atoms with Crippen LogP contribution >= 0.6 is 0 Å². The van der Waals surface area contributed by atoms with Crippen molar-refractivity contribution in [1.29, 1.82) is 0 Å². The molecule has 0 bridgehead atoms. The minimum absolute atomic E-state index is 0.202. The fourth-order valence-electron chi connectivity index (χ4n) is 5.31. The first-order valence-electron chi connectivity index (χ1n) is 11.7. The summed E-state index contributed by atoms with van der Waals surface area (Å²) in [6.45, 7) is 18.0. The summed E-state index contributed by atoms with van der Waals surface area (Å²) in [5, 5.41) is 0. The molecule has 2 heterocycles. The van der Waals surface area contributed by atoms with Gasteiger partial charge in [-0.1, -0.05) is 55.2 Å². The summed E-state index contributed by atoms with van der Waals surface area (Å²) in [6, 6.07) is 9.15. The standard InChI is InChI=1S/C29H35BN2/c1-19(2)26-9-11-30(12-10-26)29-31(27-22(5)15-20(3)16-23(27)6)13-14-32(29)28-24(7)17-21(4)18-25(28)8/h9-19H,1-8H3. The van der Waals surface area contributed by atoms with Gasteiger partial charge in [0.05, 0.1) is 0 Å².